The van der Waals surface area contributed by atoms with Gasteiger partial charge in [-0.15, -0.1) is 0 Å². The van der Waals surface area contributed by atoms with Crippen molar-refractivity contribution in [3.05, 3.63) is 29.3 Å². The highest BCUT2D eigenvalue weighted by atomic mass is 19.1. The highest BCUT2D eigenvalue weighted by Gasteiger charge is 2.13. The van der Waals surface area contributed by atoms with E-state index in [0.717, 1.165) is 0 Å². The Morgan fingerprint density at radius 3 is 2.47 bits per heavy atom. The highest BCUT2D eigenvalue weighted by molar-refractivity contribution is 5.75. The summed E-state index contributed by atoms with van der Waals surface area (Å²) in [6.45, 7) is 2.61. The molecule has 1 rings (SSSR count). The summed E-state index contributed by atoms with van der Waals surface area (Å²) in [5.41, 5.74) is 0.494. The fraction of sp³-hybridized carbons (Fsp3) is 0.462. The molecular weight excluding hydrogens is 254 g/mol. The zero-order valence-corrected chi connectivity index (χ0v) is 11.1. The maximum Gasteiger partial charge on any atom is 0.223 e. The van der Waals surface area contributed by atoms with Gasteiger partial charge in [0.05, 0.1) is 13.0 Å². The van der Waals surface area contributed by atoms with Gasteiger partial charge in [-0.25, -0.2) is 8.78 Å². The van der Waals surface area contributed by atoms with Crippen LogP contribution in [0.3, 0.4) is 0 Å². The molecule has 0 unspecified atom stereocenters. The van der Waals surface area contributed by atoms with Gasteiger partial charge in [-0.05, 0) is 31.7 Å². The van der Waals surface area contributed by atoms with Gasteiger partial charge >= 0.3 is 0 Å². The van der Waals surface area contributed by atoms with Crippen molar-refractivity contribution in [2.75, 3.05) is 20.2 Å². The molecule has 0 aliphatic carbocycles. The van der Waals surface area contributed by atoms with Crippen LogP contribution in [0.1, 0.15) is 18.9 Å². The number of amides is 1. The molecule has 19 heavy (non-hydrogen) atoms. The molecule has 4 nitrogen and oxygen atoms in total. The lowest BCUT2D eigenvalue weighted by atomic mass is 10.2. The molecule has 0 radical (unpaired) electrons. The predicted octanol–water partition coefficient (Wildman–Crippen LogP) is 1.59. The first-order chi connectivity index (χ1) is 9.08. The van der Waals surface area contributed by atoms with Gasteiger partial charge in [0.2, 0.25) is 5.91 Å². The van der Waals surface area contributed by atoms with Crippen molar-refractivity contribution in [1.82, 2.24) is 10.6 Å². The van der Waals surface area contributed by atoms with Crippen LogP contribution in [0.15, 0.2) is 12.1 Å². The number of carbonyl (C=O) groups excluding carboxylic acids is 1. The number of rotatable bonds is 7. The molecule has 0 aliphatic heterocycles. The fourth-order valence-corrected chi connectivity index (χ4v) is 1.59. The minimum absolute atomic E-state index is 0.0605. The second-order valence-corrected chi connectivity index (χ2v) is 3.97. The predicted molar refractivity (Wildman–Crippen MR) is 67.9 cm³/mol. The third-order valence-corrected chi connectivity index (χ3v) is 2.39. The molecule has 0 aromatic heterocycles. The van der Waals surface area contributed by atoms with E-state index in [1.165, 1.54) is 12.1 Å². The first-order valence-corrected chi connectivity index (χ1v) is 6.10. The molecule has 0 bridgehead atoms. The SMILES string of the molecule is CCNC(=O)CCOc1c(F)cc(CNC)cc1F. The number of halogens is 2. The molecule has 0 heterocycles. The van der Waals surface area contributed by atoms with Gasteiger partial charge in [0.15, 0.2) is 17.4 Å². The summed E-state index contributed by atoms with van der Waals surface area (Å²) in [7, 11) is 1.69. The summed E-state index contributed by atoms with van der Waals surface area (Å²) >= 11 is 0. The molecule has 0 atom stereocenters. The van der Waals surface area contributed by atoms with Gasteiger partial charge in [-0.1, -0.05) is 0 Å². The van der Waals surface area contributed by atoms with E-state index in [9.17, 15) is 13.6 Å². The van der Waals surface area contributed by atoms with Gasteiger partial charge in [0, 0.05) is 13.1 Å². The second-order valence-electron chi connectivity index (χ2n) is 3.97. The summed E-state index contributed by atoms with van der Waals surface area (Å²) in [4.78, 5) is 11.2. The Bertz CT molecular complexity index is 416. The van der Waals surface area contributed by atoms with E-state index >= 15 is 0 Å². The average molecular weight is 272 g/mol. The molecule has 106 valence electrons. The lowest BCUT2D eigenvalue weighted by Gasteiger charge is -2.10. The van der Waals surface area contributed by atoms with Gasteiger partial charge in [-0.2, -0.15) is 0 Å². The first-order valence-electron chi connectivity index (χ1n) is 6.10. The maximum atomic E-state index is 13.6. The van der Waals surface area contributed by atoms with E-state index in [1.54, 1.807) is 14.0 Å². The molecule has 0 aliphatic rings. The molecule has 0 saturated carbocycles. The highest BCUT2D eigenvalue weighted by Crippen LogP contribution is 2.23. The monoisotopic (exact) mass is 272 g/mol. The zero-order chi connectivity index (χ0) is 14.3. The zero-order valence-electron chi connectivity index (χ0n) is 11.1. The summed E-state index contributed by atoms with van der Waals surface area (Å²) < 4.78 is 32.2. The van der Waals surface area contributed by atoms with Crippen LogP contribution in [0, 0.1) is 11.6 Å². The third-order valence-electron chi connectivity index (χ3n) is 2.39. The van der Waals surface area contributed by atoms with Crippen LogP contribution < -0.4 is 15.4 Å². The van der Waals surface area contributed by atoms with Crippen molar-refractivity contribution in [1.29, 1.82) is 0 Å². The van der Waals surface area contributed by atoms with Crippen LogP contribution in [0.4, 0.5) is 8.78 Å². The van der Waals surface area contributed by atoms with Crippen LogP contribution in [0.25, 0.3) is 0 Å². The Balaban J connectivity index is 2.61. The normalized spacial score (nSPS) is 10.3. The molecule has 0 spiro atoms. The number of hydrogen-bond acceptors (Lipinski definition) is 3. The molecule has 0 saturated heterocycles. The van der Waals surface area contributed by atoms with Crippen LogP contribution in [0.2, 0.25) is 0 Å². The Morgan fingerprint density at radius 1 is 1.32 bits per heavy atom. The fourth-order valence-electron chi connectivity index (χ4n) is 1.59. The summed E-state index contributed by atoms with van der Waals surface area (Å²) in [5.74, 6) is -2.18. The summed E-state index contributed by atoms with van der Waals surface area (Å²) in [5, 5.41) is 5.38. The molecule has 1 aromatic carbocycles. The minimum atomic E-state index is -0.763. The van der Waals surface area contributed by atoms with Crippen molar-refractivity contribution >= 4 is 5.91 Å². The average Bonchev–Trinajstić information content (AvgIpc) is 2.33. The number of ether oxygens (including phenoxy) is 1. The largest absolute Gasteiger partial charge is 0.487 e. The molecule has 1 aromatic rings. The van der Waals surface area contributed by atoms with E-state index in [0.29, 0.717) is 18.7 Å². The number of benzene rings is 1. The van der Waals surface area contributed by atoms with Crippen molar-refractivity contribution in [3.63, 3.8) is 0 Å². The molecular formula is C13H18F2N2O2. The van der Waals surface area contributed by atoms with E-state index in [1.807, 2.05) is 0 Å². The molecule has 0 fully saturated rings. The number of nitrogens with one attached hydrogen (secondary N) is 2. The summed E-state index contributed by atoms with van der Waals surface area (Å²) in [6.07, 6.45) is 0.0605. The van der Waals surface area contributed by atoms with Crippen LogP contribution >= 0.6 is 0 Å². The minimum Gasteiger partial charge on any atom is -0.487 e. The first kappa shape index (κ1) is 15.4. The molecule has 2 N–H and O–H groups in total. The topological polar surface area (TPSA) is 50.4 Å². The molecule has 1 amide bonds. The Labute approximate surface area is 111 Å². The van der Waals surface area contributed by atoms with E-state index in [4.69, 9.17) is 4.74 Å². The Kier molecular flexibility index (Phi) is 6.21. The maximum absolute atomic E-state index is 13.6. The molecule has 6 heteroatoms. The quantitative estimate of drug-likeness (QED) is 0.792. The second kappa shape index (κ2) is 7.68. The smallest absolute Gasteiger partial charge is 0.223 e. The van der Waals surface area contributed by atoms with Crippen molar-refractivity contribution in [2.24, 2.45) is 0 Å². The standard InChI is InChI=1S/C13H18F2N2O2/c1-3-17-12(18)4-5-19-13-10(14)6-9(8-16-2)7-11(13)15/h6-7,16H,3-5,8H2,1-2H3,(H,17,18). The van der Waals surface area contributed by atoms with Gasteiger partial charge in [0.25, 0.3) is 0 Å². The van der Waals surface area contributed by atoms with Crippen molar-refractivity contribution < 1.29 is 18.3 Å². The third kappa shape index (κ3) is 4.82. The Hall–Kier alpha value is -1.69. The van der Waals surface area contributed by atoms with Gasteiger partial charge in [-0.3, -0.25) is 4.79 Å². The van der Waals surface area contributed by atoms with Crippen molar-refractivity contribution in [2.45, 2.75) is 19.9 Å². The van der Waals surface area contributed by atoms with Crippen LogP contribution in [0.5, 0.6) is 5.75 Å². The van der Waals surface area contributed by atoms with Crippen LogP contribution in [-0.2, 0) is 11.3 Å². The summed E-state index contributed by atoms with van der Waals surface area (Å²) in [6, 6.07) is 2.42. The van der Waals surface area contributed by atoms with Gasteiger partial charge < -0.3 is 15.4 Å². The number of hydrogen-bond donors (Lipinski definition) is 2. The van der Waals surface area contributed by atoms with E-state index in [-0.39, 0.29) is 18.9 Å². The van der Waals surface area contributed by atoms with E-state index in [2.05, 4.69) is 10.6 Å². The van der Waals surface area contributed by atoms with Crippen LogP contribution in [-0.4, -0.2) is 26.1 Å². The lowest BCUT2D eigenvalue weighted by molar-refractivity contribution is -0.121. The lowest BCUT2D eigenvalue weighted by Crippen LogP contribution is -2.24. The van der Waals surface area contributed by atoms with Gasteiger partial charge in [0.1, 0.15) is 0 Å². The Morgan fingerprint density at radius 2 is 1.95 bits per heavy atom. The number of carbonyl (C=O) groups is 1. The van der Waals surface area contributed by atoms with E-state index < -0.39 is 17.4 Å². The van der Waals surface area contributed by atoms with Crippen molar-refractivity contribution in [3.8, 4) is 5.75 Å².